The van der Waals surface area contributed by atoms with E-state index >= 15 is 0 Å². The van der Waals surface area contributed by atoms with E-state index < -0.39 is 10.0 Å². The van der Waals surface area contributed by atoms with Gasteiger partial charge in [0.1, 0.15) is 10.6 Å². The Balaban J connectivity index is 2.09. The first kappa shape index (κ1) is 16.3. The van der Waals surface area contributed by atoms with Crippen molar-refractivity contribution in [3.63, 3.8) is 0 Å². The van der Waals surface area contributed by atoms with Crippen molar-refractivity contribution in [3.05, 3.63) is 48.3 Å². The van der Waals surface area contributed by atoms with Gasteiger partial charge in [0.25, 0.3) is 10.0 Å². The quantitative estimate of drug-likeness (QED) is 0.833. The molecule has 0 unspecified atom stereocenters. The fourth-order valence-electron chi connectivity index (χ4n) is 2.64. The fourth-order valence-corrected chi connectivity index (χ4v) is 4.33. The first-order chi connectivity index (χ1) is 11.6. The second-order valence-corrected chi connectivity index (χ2v) is 7.42. The summed E-state index contributed by atoms with van der Waals surface area (Å²) in [5.41, 5.74) is 0.928. The van der Waals surface area contributed by atoms with Gasteiger partial charge in [0, 0.05) is 18.3 Å². The van der Waals surface area contributed by atoms with E-state index in [1.54, 1.807) is 24.3 Å². The second kappa shape index (κ2) is 6.49. The lowest BCUT2D eigenvalue weighted by Crippen LogP contribution is -2.44. The van der Waals surface area contributed by atoms with Crippen LogP contribution in [0.5, 0.6) is 5.75 Å². The predicted octanol–water partition coefficient (Wildman–Crippen LogP) is 2.71. The zero-order valence-corrected chi connectivity index (χ0v) is 14.0. The molecular weight excluding hydrogens is 326 g/mol. The number of sulfonamides is 1. The molecule has 7 heteroatoms. The molecule has 0 bridgehead atoms. The van der Waals surface area contributed by atoms with Gasteiger partial charge in [0.15, 0.2) is 0 Å². The molecule has 124 valence electrons. The van der Waals surface area contributed by atoms with E-state index in [1.165, 1.54) is 29.9 Å². The van der Waals surface area contributed by atoms with Crippen LogP contribution in [-0.2, 0) is 10.0 Å². The van der Waals surface area contributed by atoms with E-state index in [9.17, 15) is 8.42 Å². The number of aromatic nitrogens is 1. The normalized spacial score (nSPS) is 14.5. The molecule has 0 atom stereocenters. The largest absolute Gasteiger partial charge is 0.495 e. The van der Waals surface area contributed by atoms with Crippen LogP contribution in [0.1, 0.15) is 24.8 Å². The second-order valence-electron chi connectivity index (χ2n) is 5.61. The van der Waals surface area contributed by atoms with Crippen molar-refractivity contribution in [2.75, 3.05) is 11.4 Å². The number of hydrogen-bond donors (Lipinski definition) is 0. The third-order valence-electron chi connectivity index (χ3n) is 4.12. The number of nitriles is 1. The first-order valence-electron chi connectivity index (χ1n) is 7.60. The highest BCUT2D eigenvalue weighted by atomic mass is 32.2. The Kier molecular flexibility index (Phi) is 4.40. The average Bonchev–Trinajstić information content (AvgIpc) is 2.57. The molecule has 0 radical (unpaired) electrons. The first-order valence-corrected chi connectivity index (χ1v) is 9.04. The summed E-state index contributed by atoms with van der Waals surface area (Å²) in [7, 11) is -2.32. The van der Waals surface area contributed by atoms with Crippen LogP contribution in [0.25, 0.3) is 0 Å². The monoisotopic (exact) mass is 343 g/mol. The highest BCUT2D eigenvalue weighted by Gasteiger charge is 2.35. The number of hydrogen-bond acceptors (Lipinski definition) is 5. The van der Waals surface area contributed by atoms with Crippen molar-refractivity contribution in [1.29, 1.82) is 5.26 Å². The molecule has 0 spiro atoms. The van der Waals surface area contributed by atoms with Gasteiger partial charge in [-0.3, -0.25) is 9.29 Å². The third kappa shape index (κ3) is 2.93. The van der Waals surface area contributed by atoms with Crippen LogP contribution in [0.15, 0.2) is 47.6 Å². The topological polar surface area (TPSA) is 83.3 Å². The Bertz CT molecular complexity index is 886. The Morgan fingerprint density at radius 1 is 1.29 bits per heavy atom. The standard InChI is InChI=1S/C17H17N3O3S/c1-23-16-9-17(12-19-11-16)24(21,22)20(14-5-3-6-14)15-7-2-4-13(8-15)10-18/h2,4,7-9,11-12,14H,3,5-6H2,1H3. The number of benzene rings is 1. The summed E-state index contributed by atoms with van der Waals surface area (Å²) in [5.74, 6) is 0.385. The fraction of sp³-hybridized carbons (Fsp3) is 0.294. The molecule has 0 saturated heterocycles. The van der Waals surface area contributed by atoms with E-state index in [-0.39, 0.29) is 10.9 Å². The molecular formula is C17H17N3O3S. The van der Waals surface area contributed by atoms with Crippen LogP contribution < -0.4 is 9.04 Å². The lowest BCUT2D eigenvalue weighted by molar-refractivity contribution is 0.409. The third-order valence-corrected chi connectivity index (χ3v) is 5.96. The maximum absolute atomic E-state index is 13.2. The molecule has 3 rings (SSSR count). The molecule has 1 saturated carbocycles. The minimum absolute atomic E-state index is 0.0797. The minimum atomic E-state index is -3.79. The summed E-state index contributed by atoms with van der Waals surface area (Å²) in [6, 6.07) is 10.1. The van der Waals surface area contributed by atoms with Gasteiger partial charge >= 0.3 is 0 Å². The van der Waals surface area contributed by atoms with Crippen LogP contribution in [0, 0.1) is 11.3 Å². The van der Waals surface area contributed by atoms with Gasteiger partial charge in [0.2, 0.25) is 0 Å². The van der Waals surface area contributed by atoms with E-state index in [0.29, 0.717) is 17.0 Å². The summed E-state index contributed by atoms with van der Waals surface area (Å²) < 4.78 is 32.9. The Labute approximate surface area is 141 Å². The van der Waals surface area contributed by atoms with Gasteiger partial charge in [0.05, 0.1) is 30.6 Å². The summed E-state index contributed by atoms with van der Waals surface area (Å²) in [5, 5.41) is 9.10. The Hall–Kier alpha value is -2.59. The molecule has 1 aliphatic rings. The summed E-state index contributed by atoms with van der Waals surface area (Å²) in [4.78, 5) is 4.03. The van der Waals surface area contributed by atoms with Gasteiger partial charge in [-0.05, 0) is 37.5 Å². The molecule has 1 aromatic carbocycles. The Morgan fingerprint density at radius 2 is 2.08 bits per heavy atom. The summed E-state index contributed by atoms with van der Waals surface area (Å²) in [6.07, 6.45) is 5.37. The van der Waals surface area contributed by atoms with Crippen LogP contribution in [-0.4, -0.2) is 26.6 Å². The molecule has 1 aromatic heterocycles. The van der Waals surface area contributed by atoms with Crippen molar-refractivity contribution in [3.8, 4) is 11.8 Å². The van der Waals surface area contributed by atoms with Gasteiger partial charge in [-0.1, -0.05) is 6.07 Å². The van der Waals surface area contributed by atoms with Crippen LogP contribution in [0.4, 0.5) is 5.69 Å². The van der Waals surface area contributed by atoms with Gasteiger partial charge in [-0.15, -0.1) is 0 Å². The van der Waals surface area contributed by atoms with E-state index in [4.69, 9.17) is 10.00 Å². The summed E-state index contributed by atoms with van der Waals surface area (Å²) in [6.45, 7) is 0. The number of ether oxygens (including phenoxy) is 1. The van der Waals surface area contributed by atoms with Crippen molar-refractivity contribution in [1.82, 2.24) is 4.98 Å². The molecule has 6 nitrogen and oxygen atoms in total. The molecule has 0 aliphatic heterocycles. The maximum atomic E-state index is 13.2. The van der Waals surface area contributed by atoms with Crippen LogP contribution in [0.3, 0.4) is 0 Å². The highest BCUT2D eigenvalue weighted by molar-refractivity contribution is 7.92. The van der Waals surface area contributed by atoms with Crippen molar-refractivity contribution < 1.29 is 13.2 Å². The molecule has 0 amide bonds. The number of anilines is 1. The van der Waals surface area contributed by atoms with Crippen molar-refractivity contribution in [2.45, 2.75) is 30.2 Å². The average molecular weight is 343 g/mol. The minimum Gasteiger partial charge on any atom is -0.495 e. The van der Waals surface area contributed by atoms with E-state index in [2.05, 4.69) is 11.1 Å². The molecule has 1 heterocycles. The highest BCUT2D eigenvalue weighted by Crippen LogP contribution is 2.35. The molecule has 2 aromatic rings. The number of pyridine rings is 1. The Morgan fingerprint density at radius 3 is 2.71 bits per heavy atom. The zero-order valence-electron chi connectivity index (χ0n) is 13.2. The van der Waals surface area contributed by atoms with Gasteiger partial charge < -0.3 is 4.74 Å². The molecule has 1 fully saturated rings. The van der Waals surface area contributed by atoms with Crippen molar-refractivity contribution >= 4 is 15.7 Å². The smallest absolute Gasteiger partial charge is 0.266 e. The molecule has 0 N–H and O–H groups in total. The van der Waals surface area contributed by atoms with Gasteiger partial charge in [-0.25, -0.2) is 8.42 Å². The lowest BCUT2D eigenvalue weighted by Gasteiger charge is -2.38. The molecule has 24 heavy (non-hydrogen) atoms. The van der Waals surface area contributed by atoms with Gasteiger partial charge in [-0.2, -0.15) is 5.26 Å². The van der Waals surface area contributed by atoms with E-state index in [0.717, 1.165) is 19.3 Å². The maximum Gasteiger partial charge on any atom is 0.266 e. The lowest BCUT2D eigenvalue weighted by atomic mass is 9.93. The number of nitrogens with zero attached hydrogens (tertiary/aromatic N) is 3. The predicted molar refractivity (Wildman–Crippen MR) is 89.2 cm³/mol. The van der Waals surface area contributed by atoms with Crippen LogP contribution in [0.2, 0.25) is 0 Å². The number of methoxy groups -OCH3 is 1. The van der Waals surface area contributed by atoms with E-state index in [1.807, 2.05) is 0 Å². The van der Waals surface area contributed by atoms with Crippen LogP contribution >= 0.6 is 0 Å². The zero-order chi connectivity index (χ0) is 17.2. The summed E-state index contributed by atoms with van der Waals surface area (Å²) >= 11 is 0. The van der Waals surface area contributed by atoms with Crippen molar-refractivity contribution in [2.24, 2.45) is 0 Å². The SMILES string of the molecule is COc1cncc(S(=O)(=O)N(c2cccc(C#N)c2)C2CCC2)c1. The molecule has 1 aliphatic carbocycles. The number of rotatable bonds is 5.